The van der Waals surface area contributed by atoms with Crippen LogP contribution in [-0.4, -0.2) is 47.2 Å². The Hall–Kier alpha value is -2.90. The van der Waals surface area contributed by atoms with Gasteiger partial charge < -0.3 is 9.47 Å². The highest BCUT2D eigenvalue weighted by Crippen LogP contribution is 2.52. The number of hydrogen-bond acceptors (Lipinski definition) is 6. The Morgan fingerprint density at radius 2 is 1.84 bits per heavy atom. The number of nitrogens with zero attached hydrogens (tertiary/aromatic N) is 2. The summed E-state index contributed by atoms with van der Waals surface area (Å²) in [5.41, 5.74) is 1.03. The maximum absolute atomic E-state index is 13.3. The topological polar surface area (TPSA) is 99.0 Å². The second-order valence-electron chi connectivity index (χ2n) is 9.49. The zero-order valence-corrected chi connectivity index (χ0v) is 19.2. The molecule has 1 aliphatic carbocycles. The fourth-order valence-corrected chi connectivity index (χ4v) is 4.93. The van der Waals surface area contributed by atoms with Gasteiger partial charge in [0.15, 0.2) is 0 Å². The number of ether oxygens (including phenoxy) is 2. The molecule has 8 nitrogen and oxygen atoms in total. The van der Waals surface area contributed by atoms with Crippen molar-refractivity contribution in [1.82, 2.24) is 4.90 Å². The highest BCUT2D eigenvalue weighted by Gasteiger charge is 2.65. The average molecular weight is 445 g/mol. The largest absolute Gasteiger partial charge is 0.464 e. The van der Waals surface area contributed by atoms with Crippen LogP contribution in [0.2, 0.25) is 0 Å². The minimum atomic E-state index is -1.19. The van der Waals surface area contributed by atoms with Crippen molar-refractivity contribution in [3.8, 4) is 0 Å². The van der Waals surface area contributed by atoms with E-state index in [0.29, 0.717) is 11.5 Å². The molecular formula is C24H32N2O6. The summed E-state index contributed by atoms with van der Waals surface area (Å²) in [6.45, 7) is 10.8. The van der Waals surface area contributed by atoms with Gasteiger partial charge in [0.2, 0.25) is 6.04 Å². The molecule has 32 heavy (non-hydrogen) atoms. The van der Waals surface area contributed by atoms with Crippen LogP contribution in [0.5, 0.6) is 0 Å². The van der Waals surface area contributed by atoms with E-state index in [1.165, 1.54) is 11.0 Å². The van der Waals surface area contributed by atoms with Gasteiger partial charge in [0, 0.05) is 4.92 Å². The molecule has 1 aromatic rings. The molecule has 4 atom stereocenters. The highest BCUT2D eigenvalue weighted by atomic mass is 16.6. The molecule has 1 saturated carbocycles. The number of carbonyl (C=O) groups is 2. The molecule has 1 aliphatic heterocycles. The van der Waals surface area contributed by atoms with E-state index < -0.39 is 41.5 Å². The summed E-state index contributed by atoms with van der Waals surface area (Å²) < 4.78 is 10.6. The smallest absolute Gasteiger partial charge is 0.411 e. The predicted octanol–water partition coefficient (Wildman–Crippen LogP) is 4.48. The Labute approximate surface area is 188 Å². The van der Waals surface area contributed by atoms with E-state index in [0.717, 1.165) is 18.4 Å². The first-order chi connectivity index (χ1) is 15.1. The third-order valence-corrected chi connectivity index (χ3v) is 6.27. The fraction of sp³-hybridized carbons (Fsp3) is 0.583. The molecular weight excluding hydrogens is 412 g/mol. The van der Waals surface area contributed by atoms with Crippen molar-refractivity contribution < 1.29 is 24.0 Å². The first-order valence-electron chi connectivity index (χ1n) is 11.1. The van der Waals surface area contributed by atoms with Crippen molar-refractivity contribution in [3.63, 3.8) is 0 Å². The Morgan fingerprint density at radius 3 is 2.34 bits per heavy atom. The van der Waals surface area contributed by atoms with Gasteiger partial charge in [-0.15, -0.1) is 0 Å². The van der Waals surface area contributed by atoms with E-state index in [4.69, 9.17) is 9.47 Å². The van der Waals surface area contributed by atoms with Gasteiger partial charge in [-0.25, -0.2) is 9.59 Å². The van der Waals surface area contributed by atoms with Crippen LogP contribution < -0.4 is 0 Å². The van der Waals surface area contributed by atoms with Gasteiger partial charge in [0.1, 0.15) is 18.7 Å². The van der Waals surface area contributed by atoms with Crippen molar-refractivity contribution in [2.75, 3.05) is 13.2 Å². The van der Waals surface area contributed by atoms with Crippen LogP contribution in [0.15, 0.2) is 36.9 Å². The van der Waals surface area contributed by atoms with Crippen molar-refractivity contribution >= 4 is 12.1 Å². The van der Waals surface area contributed by atoms with Crippen LogP contribution in [0.25, 0.3) is 0 Å². The SMILES string of the molecule is C=CCOC(=O)N1[C@H](C(=O)OCC)[C@@H](C(C)(C)C)[C@H]([N+](=O)[O-])[C@@H]1c1ccccc1C1CC1. The molecule has 174 valence electrons. The quantitative estimate of drug-likeness (QED) is 0.266. The van der Waals surface area contributed by atoms with E-state index in [9.17, 15) is 19.7 Å². The zero-order valence-electron chi connectivity index (χ0n) is 19.2. The Kier molecular flexibility index (Phi) is 6.91. The first-order valence-corrected chi connectivity index (χ1v) is 11.1. The summed E-state index contributed by atoms with van der Waals surface area (Å²) >= 11 is 0. The summed E-state index contributed by atoms with van der Waals surface area (Å²) in [4.78, 5) is 39.8. The second kappa shape index (κ2) is 9.30. The molecule has 0 N–H and O–H groups in total. The molecule has 1 saturated heterocycles. The molecule has 2 aliphatic rings. The highest BCUT2D eigenvalue weighted by molar-refractivity contribution is 5.83. The molecule has 0 aromatic heterocycles. The average Bonchev–Trinajstić information content (AvgIpc) is 3.50. The summed E-state index contributed by atoms with van der Waals surface area (Å²) in [5.74, 6) is -1.12. The van der Waals surface area contributed by atoms with E-state index in [2.05, 4.69) is 6.58 Å². The molecule has 8 heteroatoms. The number of hydrogen-bond donors (Lipinski definition) is 0. The molecule has 0 bridgehead atoms. The normalized spacial score (nSPS) is 25.3. The van der Waals surface area contributed by atoms with E-state index in [1.807, 2.05) is 45.0 Å². The maximum Gasteiger partial charge on any atom is 0.411 e. The minimum Gasteiger partial charge on any atom is -0.464 e. The Bertz CT molecular complexity index is 889. The third kappa shape index (κ3) is 4.49. The number of amides is 1. The molecule has 3 rings (SSSR count). The molecule has 0 unspecified atom stereocenters. The number of rotatable bonds is 7. The molecule has 1 amide bonds. The van der Waals surface area contributed by atoms with Gasteiger partial charge in [0.25, 0.3) is 0 Å². The van der Waals surface area contributed by atoms with Gasteiger partial charge in [0.05, 0.1) is 12.5 Å². The van der Waals surface area contributed by atoms with Crippen molar-refractivity contribution in [2.45, 2.75) is 64.6 Å². The number of nitro groups is 1. The van der Waals surface area contributed by atoms with E-state index in [1.54, 1.807) is 6.92 Å². The molecule has 0 radical (unpaired) electrons. The Morgan fingerprint density at radius 1 is 1.22 bits per heavy atom. The predicted molar refractivity (Wildman–Crippen MR) is 119 cm³/mol. The van der Waals surface area contributed by atoms with Gasteiger partial charge in [-0.2, -0.15) is 0 Å². The molecule has 2 fully saturated rings. The van der Waals surface area contributed by atoms with Crippen LogP contribution >= 0.6 is 0 Å². The lowest BCUT2D eigenvalue weighted by Gasteiger charge is -2.32. The van der Waals surface area contributed by atoms with Crippen LogP contribution in [0.3, 0.4) is 0 Å². The lowest BCUT2D eigenvalue weighted by molar-refractivity contribution is -0.536. The Balaban J connectivity index is 2.23. The lowest BCUT2D eigenvalue weighted by atomic mass is 9.72. The van der Waals surface area contributed by atoms with Gasteiger partial charge in [-0.1, -0.05) is 57.7 Å². The van der Waals surface area contributed by atoms with Crippen molar-refractivity contribution in [2.24, 2.45) is 11.3 Å². The van der Waals surface area contributed by atoms with Crippen molar-refractivity contribution in [3.05, 3.63) is 58.2 Å². The van der Waals surface area contributed by atoms with Crippen LogP contribution in [0.1, 0.15) is 63.6 Å². The lowest BCUT2D eigenvalue weighted by Crippen LogP contribution is -2.48. The molecule has 1 heterocycles. The van der Waals surface area contributed by atoms with E-state index in [-0.39, 0.29) is 18.1 Å². The number of benzene rings is 1. The van der Waals surface area contributed by atoms with Crippen LogP contribution in [-0.2, 0) is 14.3 Å². The van der Waals surface area contributed by atoms with Crippen LogP contribution in [0.4, 0.5) is 4.79 Å². The second-order valence-corrected chi connectivity index (χ2v) is 9.49. The van der Waals surface area contributed by atoms with Crippen LogP contribution in [0, 0.1) is 21.4 Å². The number of likely N-dealkylation sites (tertiary alicyclic amines) is 1. The third-order valence-electron chi connectivity index (χ3n) is 6.27. The molecule has 0 spiro atoms. The van der Waals surface area contributed by atoms with Crippen molar-refractivity contribution in [1.29, 1.82) is 0 Å². The summed E-state index contributed by atoms with van der Waals surface area (Å²) in [7, 11) is 0. The number of carbonyl (C=O) groups excluding carboxylic acids is 2. The summed E-state index contributed by atoms with van der Waals surface area (Å²) in [5, 5.41) is 12.5. The zero-order chi connectivity index (χ0) is 23.6. The first kappa shape index (κ1) is 23.8. The maximum atomic E-state index is 13.3. The van der Waals surface area contributed by atoms with Gasteiger partial charge in [-0.3, -0.25) is 15.0 Å². The minimum absolute atomic E-state index is 0.0643. The van der Waals surface area contributed by atoms with Gasteiger partial charge in [-0.05, 0) is 42.2 Å². The summed E-state index contributed by atoms with van der Waals surface area (Å²) in [6, 6.07) is 4.22. The molecule has 1 aromatic carbocycles. The monoisotopic (exact) mass is 444 g/mol. The van der Waals surface area contributed by atoms with E-state index >= 15 is 0 Å². The standard InChI is InChI=1S/C24H32N2O6/c1-6-14-32-23(28)25-19(17-11-9-8-10-16(17)15-12-13-15)20(26(29)30)18(24(3,4)5)21(25)22(27)31-7-2/h6,8-11,15,18-21H,1,7,12-14H2,2-5H3/t18-,19-,20-,21-/m0/s1. The fourth-order valence-electron chi connectivity index (χ4n) is 4.93. The number of esters is 1. The summed E-state index contributed by atoms with van der Waals surface area (Å²) in [6.07, 6.45) is 2.64. The van der Waals surface area contributed by atoms with Gasteiger partial charge >= 0.3 is 12.1 Å².